The van der Waals surface area contributed by atoms with Crippen LogP contribution in [0.4, 0.5) is 0 Å². The number of rotatable bonds is 7. The lowest BCUT2D eigenvalue weighted by atomic mass is 10.4. The summed E-state index contributed by atoms with van der Waals surface area (Å²) in [6.45, 7) is 0.717. The van der Waals surface area contributed by atoms with E-state index in [1.54, 1.807) is 10.9 Å². The molecule has 2 aromatic heterocycles. The summed E-state index contributed by atoms with van der Waals surface area (Å²) in [5.41, 5.74) is 0. The van der Waals surface area contributed by atoms with E-state index in [0.29, 0.717) is 13.0 Å². The van der Waals surface area contributed by atoms with Crippen LogP contribution in [0.2, 0.25) is 0 Å². The van der Waals surface area contributed by atoms with Gasteiger partial charge in [-0.25, -0.2) is 17.9 Å². The Morgan fingerprint density at radius 3 is 2.95 bits per heavy atom. The van der Waals surface area contributed by atoms with Crippen molar-refractivity contribution in [1.29, 1.82) is 0 Å². The molecule has 2 aromatic rings. The number of hydrogen-bond acceptors (Lipinski definition) is 6. The third kappa shape index (κ3) is 3.40. The average molecular weight is 316 g/mol. The summed E-state index contributed by atoms with van der Waals surface area (Å²) < 4.78 is 27.9. The Kier molecular flexibility index (Phi) is 4.47. The van der Waals surface area contributed by atoms with Crippen LogP contribution in [-0.2, 0) is 16.6 Å². The van der Waals surface area contributed by atoms with E-state index in [2.05, 4.69) is 15.0 Å². The maximum atomic E-state index is 12.0. The van der Waals surface area contributed by atoms with Crippen LogP contribution in [0.1, 0.15) is 16.1 Å². The number of thiophene rings is 1. The molecule has 0 aliphatic rings. The maximum Gasteiger partial charge on any atom is 0.347 e. The van der Waals surface area contributed by atoms with Gasteiger partial charge in [-0.2, -0.15) is 0 Å². The first-order valence-electron chi connectivity index (χ1n) is 5.65. The van der Waals surface area contributed by atoms with E-state index in [9.17, 15) is 13.2 Å². The van der Waals surface area contributed by atoms with Gasteiger partial charge >= 0.3 is 5.97 Å². The molecule has 0 amide bonds. The molecule has 0 spiro atoms. The van der Waals surface area contributed by atoms with E-state index in [-0.39, 0.29) is 16.3 Å². The molecule has 2 N–H and O–H groups in total. The molecule has 108 valence electrons. The van der Waals surface area contributed by atoms with Gasteiger partial charge in [-0.15, -0.1) is 16.4 Å². The average Bonchev–Trinajstić information content (AvgIpc) is 3.05. The minimum absolute atomic E-state index is 0.186. The molecule has 8 nitrogen and oxygen atoms in total. The van der Waals surface area contributed by atoms with E-state index >= 15 is 0 Å². The van der Waals surface area contributed by atoms with Crippen LogP contribution in [0.5, 0.6) is 0 Å². The van der Waals surface area contributed by atoms with Gasteiger partial charge in [0.15, 0.2) is 0 Å². The molecule has 0 bridgehead atoms. The molecule has 2 rings (SSSR count). The number of carboxylic acids is 1. The van der Waals surface area contributed by atoms with Crippen LogP contribution >= 0.6 is 11.3 Å². The highest BCUT2D eigenvalue weighted by Gasteiger charge is 2.23. The second kappa shape index (κ2) is 6.11. The molecular formula is C10H12N4O4S2. The molecule has 0 atom stereocenters. The molecule has 0 aliphatic carbocycles. The lowest BCUT2D eigenvalue weighted by Crippen LogP contribution is -2.26. The molecule has 20 heavy (non-hydrogen) atoms. The molecule has 0 fully saturated rings. The van der Waals surface area contributed by atoms with E-state index in [0.717, 1.165) is 11.3 Å². The lowest BCUT2D eigenvalue weighted by molar-refractivity contribution is 0.0698. The second-order valence-electron chi connectivity index (χ2n) is 3.84. The van der Waals surface area contributed by atoms with Gasteiger partial charge < -0.3 is 5.11 Å². The van der Waals surface area contributed by atoms with E-state index in [4.69, 9.17) is 5.11 Å². The smallest absolute Gasteiger partial charge is 0.347 e. The molecule has 0 unspecified atom stereocenters. The number of aryl methyl sites for hydroxylation is 1. The fraction of sp³-hybridized carbons (Fsp3) is 0.300. The number of nitrogens with one attached hydrogen (secondary N) is 1. The monoisotopic (exact) mass is 316 g/mol. The molecule has 0 aliphatic heterocycles. The van der Waals surface area contributed by atoms with Crippen molar-refractivity contribution in [3.8, 4) is 0 Å². The minimum Gasteiger partial charge on any atom is -0.477 e. The Bertz CT molecular complexity index is 678. The molecule has 2 heterocycles. The highest BCUT2D eigenvalue weighted by Crippen LogP contribution is 2.21. The van der Waals surface area contributed by atoms with Crippen LogP contribution in [0.15, 0.2) is 28.7 Å². The Morgan fingerprint density at radius 1 is 1.50 bits per heavy atom. The van der Waals surface area contributed by atoms with Crippen LogP contribution < -0.4 is 4.72 Å². The van der Waals surface area contributed by atoms with Gasteiger partial charge in [0.2, 0.25) is 10.0 Å². The van der Waals surface area contributed by atoms with Gasteiger partial charge in [0.25, 0.3) is 0 Å². The Morgan fingerprint density at radius 2 is 2.30 bits per heavy atom. The molecule has 0 aromatic carbocycles. The van der Waals surface area contributed by atoms with Crippen molar-refractivity contribution >= 4 is 27.3 Å². The first-order chi connectivity index (χ1) is 9.50. The molecule has 0 saturated heterocycles. The van der Waals surface area contributed by atoms with Crippen LogP contribution in [0.25, 0.3) is 0 Å². The number of aromatic nitrogens is 3. The first kappa shape index (κ1) is 14.6. The predicted molar refractivity (Wildman–Crippen MR) is 71.1 cm³/mol. The topological polar surface area (TPSA) is 114 Å². The largest absolute Gasteiger partial charge is 0.477 e. The van der Waals surface area contributed by atoms with Crippen molar-refractivity contribution in [1.82, 2.24) is 19.7 Å². The van der Waals surface area contributed by atoms with Gasteiger partial charge in [0.1, 0.15) is 9.77 Å². The van der Waals surface area contributed by atoms with Gasteiger partial charge in [-0.05, 0) is 17.9 Å². The van der Waals surface area contributed by atoms with Crippen molar-refractivity contribution in [2.45, 2.75) is 17.9 Å². The Labute approximate surface area is 119 Å². The van der Waals surface area contributed by atoms with Crippen molar-refractivity contribution in [3.63, 3.8) is 0 Å². The summed E-state index contributed by atoms with van der Waals surface area (Å²) in [5, 5.41) is 17.7. The maximum absolute atomic E-state index is 12.0. The zero-order valence-electron chi connectivity index (χ0n) is 10.3. The third-order valence-corrected chi connectivity index (χ3v) is 4.98. The first-order valence-corrected chi connectivity index (χ1v) is 8.01. The van der Waals surface area contributed by atoms with Gasteiger partial charge in [-0.1, -0.05) is 5.21 Å². The standard InChI is InChI=1S/C10H12N4O4S2/c15-10(16)9-8(2-7-19-9)20(17,18)12-3-1-5-14-6-4-11-13-14/h2,4,6-7,12H,1,3,5H2,(H,15,16). The molecule has 10 heteroatoms. The SMILES string of the molecule is O=C(O)c1sccc1S(=O)(=O)NCCCn1ccnn1. The number of nitrogens with zero attached hydrogens (tertiary/aromatic N) is 3. The van der Waals surface area contributed by atoms with Gasteiger partial charge in [0.05, 0.1) is 6.20 Å². The second-order valence-corrected chi connectivity index (χ2v) is 6.49. The number of hydrogen-bond donors (Lipinski definition) is 2. The number of sulfonamides is 1. The summed E-state index contributed by atoms with van der Waals surface area (Å²) in [7, 11) is -3.80. The normalized spacial score (nSPS) is 11.6. The molecular weight excluding hydrogens is 304 g/mol. The quantitative estimate of drug-likeness (QED) is 0.715. The van der Waals surface area contributed by atoms with Crippen LogP contribution in [0, 0.1) is 0 Å². The Hall–Kier alpha value is -1.78. The highest BCUT2D eigenvalue weighted by atomic mass is 32.2. The van der Waals surface area contributed by atoms with Crippen molar-refractivity contribution in [2.24, 2.45) is 0 Å². The van der Waals surface area contributed by atoms with E-state index in [1.807, 2.05) is 0 Å². The van der Waals surface area contributed by atoms with Crippen molar-refractivity contribution in [3.05, 3.63) is 28.7 Å². The summed E-state index contributed by atoms with van der Waals surface area (Å²) in [5.74, 6) is -1.25. The minimum atomic E-state index is -3.80. The van der Waals surface area contributed by atoms with E-state index in [1.165, 1.54) is 17.6 Å². The fourth-order valence-corrected chi connectivity index (χ4v) is 3.87. The lowest BCUT2D eigenvalue weighted by Gasteiger charge is -2.06. The number of carboxylic acid groups (broad SMARTS) is 1. The van der Waals surface area contributed by atoms with Gasteiger partial charge in [0, 0.05) is 19.3 Å². The zero-order chi connectivity index (χ0) is 14.6. The number of carbonyl (C=O) groups is 1. The van der Waals surface area contributed by atoms with Crippen molar-refractivity contribution < 1.29 is 18.3 Å². The summed E-state index contributed by atoms with van der Waals surface area (Å²) >= 11 is 0.881. The fourth-order valence-electron chi connectivity index (χ4n) is 1.54. The predicted octanol–water partition coefficient (Wildman–Crippen LogP) is 0.406. The summed E-state index contributed by atoms with van der Waals surface area (Å²) in [6.07, 6.45) is 3.74. The molecule has 0 radical (unpaired) electrons. The van der Waals surface area contributed by atoms with Crippen molar-refractivity contribution in [2.75, 3.05) is 6.54 Å². The summed E-state index contributed by atoms with van der Waals surface area (Å²) in [6, 6.07) is 1.29. The highest BCUT2D eigenvalue weighted by molar-refractivity contribution is 7.89. The zero-order valence-corrected chi connectivity index (χ0v) is 11.9. The third-order valence-electron chi connectivity index (χ3n) is 2.44. The van der Waals surface area contributed by atoms with E-state index < -0.39 is 16.0 Å². The van der Waals surface area contributed by atoms with Crippen LogP contribution in [-0.4, -0.2) is 41.0 Å². The Balaban J connectivity index is 1.94. The van der Waals surface area contributed by atoms with Gasteiger partial charge in [-0.3, -0.25) is 4.68 Å². The summed E-state index contributed by atoms with van der Waals surface area (Å²) in [4.78, 5) is 10.5. The van der Waals surface area contributed by atoms with Crippen LogP contribution in [0.3, 0.4) is 0 Å². The molecule has 0 saturated carbocycles. The number of aromatic carboxylic acids is 1.